The highest BCUT2D eigenvalue weighted by Gasteiger charge is 2.34. The molecule has 0 N–H and O–H groups in total. The summed E-state index contributed by atoms with van der Waals surface area (Å²) in [6.07, 6.45) is 9.30. The molecule has 204 valence electrons. The van der Waals surface area contributed by atoms with Crippen LogP contribution in [0.4, 0.5) is 0 Å². The lowest BCUT2D eigenvalue weighted by Crippen LogP contribution is -2.30. The van der Waals surface area contributed by atoms with Crippen molar-refractivity contribution >= 4 is 29.5 Å². The van der Waals surface area contributed by atoms with Crippen LogP contribution < -0.4 is 0 Å². The average molecular weight is 515 g/mol. The smallest absolute Gasteiger partial charge is 0.163 e. The number of benzene rings is 2. The number of hydrogen-bond donors (Lipinski definition) is 0. The number of fused-ring (bicyclic) bond motifs is 1. The summed E-state index contributed by atoms with van der Waals surface area (Å²) in [5.74, 6) is 0.914. The Balaban J connectivity index is 1.92. The SMILES string of the molecule is CCCC(CC1CC(=O)c2c(C)c(C=Cc3ccc(C)cc3)cc(C(C)C)c2C1)C(CC)C(=O)CC(C)=O. The average Bonchev–Trinajstić information content (AvgIpc) is 2.84. The lowest BCUT2D eigenvalue weighted by Gasteiger charge is -2.33. The highest BCUT2D eigenvalue weighted by Crippen LogP contribution is 2.40. The van der Waals surface area contributed by atoms with Crippen LogP contribution in [0.25, 0.3) is 12.2 Å². The van der Waals surface area contributed by atoms with E-state index in [1.54, 1.807) is 0 Å². The Hall–Kier alpha value is -2.81. The first kappa shape index (κ1) is 29.7. The van der Waals surface area contributed by atoms with Crippen LogP contribution >= 0.6 is 0 Å². The van der Waals surface area contributed by atoms with Crippen molar-refractivity contribution in [2.75, 3.05) is 0 Å². The molecule has 0 fully saturated rings. The first-order chi connectivity index (χ1) is 18.0. The third-order valence-corrected chi connectivity index (χ3v) is 8.31. The molecule has 3 unspecified atom stereocenters. The van der Waals surface area contributed by atoms with Gasteiger partial charge in [-0.05, 0) is 85.6 Å². The van der Waals surface area contributed by atoms with Gasteiger partial charge in [-0.3, -0.25) is 14.4 Å². The van der Waals surface area contributed by atoms with Gasteiger partial charge in [0.1, 0.15) is 11.6 Å². The molecule has 0 amide bonds. The number of carbonyl (C=O) groups excluding carboxylic acids is 3. The number of aryl methyl sites for hydroxylation is 1. The summed E-state index contributed by atoms with van der Waals surface area (Å²) in [5.41, 5.74) is 7.97. The fourth-order valence-electron chi connectivity index (χ4n) is 6.40. The zero-order valence-corrected chi connectivity index (χ0v) is 24.5. The van der Waals surface area contributed by atoms with E-state index in [-0.39, 0.29) is 41.5 Å². The molecule has 0 radical (unpaired) electrons. The van der Waals surface area contributed by atoms with E-state index >= 15 is 0 Å². The maximum absolute atomic E-state index is 13.7. The van der Waals surface area contributed by atoms with Crippen LogP contribution in [0, 0.1) is 31.6 Å². The fourth-order valence-corrected chi connectivity index (χ4v) is 6.40. The Morgan fingerprint density at radius 1 is 1.03 bits per heavy atom. The molecule has 0 aromatic heterocycles. The molecule has 1 aliphatic rings. The van der Waals surface area contributed by atoms with E-state index in [1.165, 1.54) is 23.6 Å². The second-order valence-electron chi connectivity index (χ2n) is 11.8. The monoisotopic (exact) mass is 514 g/mol. The van der Waals surface area contributed by atoms with E-state index < -0.39 is 0 Å². The number of ketones is 3. The summed E-state index contributed by atoms with van der Waals surface area (Å²) in [7, 11) is 0. The van der Waals surface area contributed by atoms with Gasteiger partial charge >= 0.3 is 0 Å². The molecule has 3 heteroatoms. The van der Waals surface area contributed by atoms with Gasteiger partial charge in [0.25, 0.3) is 0 Å². The lowest BCUT2D eigenvalue weighted by atomic mass is 9.70. The summed E-state index contributed by atoms with van der Waals surface area (Å²) >= 11 is 0. The van der Waals surface area contributed by atoms with E-state index in [2.05, 4.69) is 84.0 Å². The predicted molar refractivity (Wildman–Crippen MR) is 159 cm³/mol. The van der Waals surface area contributed by atoms with Crippen LogP contribution in [0.15, 0.2) is 30.3 Å². The first-order valence-electron chi connectivity index (χ1n) is 14.5. The van der Waals surface area contributed by atoms with Gasteiger partial charge in [-0.15, -0.1) is 0 Å². The van der Waals surface area contributed by atoms with E-state index in [0.717, 1.165) is 54.4 Å². The molecule has 3 nitrogen and oxygen atoms in total. The van der Waals surface area contributed by atoms with E-state index in [0.29, 0.717) is 12.3 Å². The van der Waals surface area contributed by atoms with Crippen molar-refractivity contribution in [1.82, 2.24) is 0 Å². The topological polar surface area (TPSA) is 51.2 Å². The Labute approximate surface area is 230 Å². The standard InChI is InChI=1S/C35H46O3/c1-8-10-29(30(9-2)33(37)17-24(6)36)18-27-19-32-31(22(3)4)21-28(25(7)35(32)34(38)20-27)16-15-26-13-11-23(5)12-14-26/h11-16,21-22,27,29-30H,8-10,17-20H2,1-7H3. The van der Waals surface area contributed by atoms with Crippen molar-refractivity contribution in [2.45, 2.75) is 99.3 Å². The Morgan fingerprint density at radius 3 is 2.29 bits per heavy atom. The zero-order valence-electron chi connectivity index (χ0n) is 24.5. The fraction of sp³-hybridized carbons (Fsp3) is 0.514. The molecule has 0 saturated heterocycles. The van der Waals surface area contributed by atoms with Crippen LogP contribution in [0.2, 0.25) is 0 Å². The van der Waals surface area contributed by atoms with Crippen molar-refractivity contribution in [3.8, 4) is 0 Å². The van der Waals surface area contributed by atoms with Gasteiger partial charge in [0.2, 0.25) is 0 Å². The zero-order chi connectivity index (χ0) is 28.0. The molecule has 3 rings (SSSR count). The third-order valence-electron chi connectivity index (χ3n) is 8.31. The van der Waals surface area contributed by atoms with Gasteiger partial charge in [0.05, 0.1) is 6.42 Å². The lowest BCUT2D eigenvalue weighted by molar-refractivity contribution is -0.129. The number of rotatable bonds is 12. The van der Waals surface area contributed by atoms with Crippen LogP contribution in [0.1, 0.15) is 123 Å². The van der Waals surface area contributed by atoms with Crippen LogP contribution in [0.3, 0.4) is 0 Å². The van der Waals surface area contributed by atoms with Crippen molar-refractivity contribution in [2.24, 2.45) is 17.8 Å². The largest absolute Gasteiger partial charge is 0.300 e. The van der Waals surface area contributed by atoms with Gasteiger partial charge in [0.15, 0.2) is 5.78 Å². The van der Waals surface area contributed by atoms with Crippen molar-refractivity contribution in [3.63, 3.8) is 0 Å². The normalized spacial score (nSPS) is 17.1. The summed E-state index contributed by atoms with van der Waals surface area (Å²) in [4.78, 5) is 38.3. The summed E-state index contributed by atoms with van der Waals surface area (Å²) in [5, 5.41) is 0. The molecule has 0 saturated carbocycles. The molecule has 2 aromatic rings. The van der Waals surface area contributed by atoms with Crippen LogP contribution in [0.5, 0.6) is 0 Å². The second kappa shape index (κ2) is 13.3. The Kier molecular flexibility index (Phi) is 10.4. The first-order valence-corrected chi connectivity index (χ1v) is 14.5. The molecule has 1 aliphatic carbocycles. The van der Waals surface area contributed by atoms with Crippen molar-refractivity contribution < 1.29 is 14.4 Å². The number of carbonyl (C=O) groups is 3. The molecule has 0 heterocycles. The minimum absolute atomic E-state index is 0.0285. The van der Waals surface area contributed by atoms with Crippen LogP contribution in [-0.4, -0.2) is 17.3 Å². The van der Waals surface area contributed by atoms with E-state index in [9.17, 15) is 14.4 Å². The molecule has 0 aliphatic heterocycles. The molecular formula is C35H46O3. The van der Waals surface area contributed by atoms with Crippen LogP contribution in [-0.2, 0) is 16.0 Å². The Bertz CT molecular complexity index is 1180. The summed E-state index contributed by atoms with van der Waals surface area (Å²) < 4.78 is 0. The van der Waals surface area contributed by atoms with Gasteiger partial charge in [0, 0.05) is 17.9 Å². The summed E-state index contributed by atoms with van der Waals surface area (Å²) in [6, 6.07) is 10.8. The maximum atomic E-state index is 13.7. The quantitative estimate of drug-likeness (QED) is 0.210. The minimum atomic E-state index is -0.101. The van der Waals surface area contributed by atoms with E-state index in [1.807, 2.05) is 0 Å². The highest BCUT2D eigenvalue weighted by molar-refractivity contribution is 6.01. The molecule has 38 heavy (non-hydrogen) atoms. The van der Waals surface area contributed by atoms with Crippen molar-refractivity contribution in [1.29, 1.82) is 0 Å². The summed E-state index contributed by atoms with van der Waals surface area (Å²) in [6.45, 7) is 14.3. The van der Waals surface area contributed by atoms with Gasteiger partial charge in [-0.25, -0.2) is 0 Å². The van der Waals surface area contributed by atoms with Gasteiger partial charge in [-0.2, -0.15) is 0 Å². The molecule has 2 aromatic carbocycles. The Morgan fingerprint density at radius 2 is 1.71 bits per heavy atom. The van der Waals surface area contributed by atoms with Gasteiger partial charge < -0.3 is 0 Å². The second-order valence-corrected chi connectivity index (χ2v) is 11.8. The molecule has 3 atom stereocenters. The highest BCUT2D eigenvalue weighted by atomic mass is 16.1. The minimum Gasteiger partial charge on any atom is -0.300 e. The molecular weight excluding hydrogens is 468 g/mol. The molecule has 0 bridgehead atoms. The predicted octanol–water partition coefficient (Wildman–Crippen LogP) is 8.72. The maximum Gasteiger partial charge on any atom is 0.163 e. The van der Waals surface area contributed by atoms with E-state index in [4.69, 9.17) is 0 Å². The van der Waals surface area contributed by atoms with Crippen molar-refractivity contribution in [3.05, 3.63) is 69.3 Å². The number of hydrogen-bond acceptors (Lipinski definition) is 3. The van der Waals surface area contributed by atoms with Gasteiger partial charge in [-0.1, -0.05) is 88.6 Å². The number of Topliss-reactive ketones (excluding diaryl/α,β-unsaturated/α-hetero) is 3. The molecule has 0 spiro atoms. The third kappa shape index (κ3) is 7.18.